The Morgan fingerprint density at radius 2 is 1.53 bits per heavy atom. The zero-order chi connectivity index (χ0) is 23.4. The van der Waals surface area contributed by atoms with Gasteiger partial charge in [0, 0.05) is 6.54 Å². The molecule has 0 fully saturated rings. The molecule has 0 aliphatic carbocycles. The lowest BCUT2D eigenvalue weighted by atomic mass is 10.2. The Hall–Kier alpha value is -3.25. The molecule has 0 aliphatic heterocycles. The van der Waals surface area contributed by atoms with E-state index in [1.165, 1.54) is 12.1 Å². The molecule has 32 heavy (non-hydrogen) atoms. The van der Waals surface area contributed by atoms with Crippen LogP contribution in [0.2, 0.25) is 0 Å². The number of benzene rings is 3. The zero-order valence-corrected chi connectivity index (χ0v) is 18.6. The summed E-state index contributed by atoms with van der Waals surface area (Å²) in [5.74, 6) is 3.91. The number of aryl methyl sites for hydroxylation is 1. The molecule has 9 nitrogen and oxygen atoms in total. The van der Waals surface area contributed by atoms with Crippen LogP contribution in [-0.4, -0.2) is 22.7 Å². The van der Waals surface area contributed by atoms with Crippen LogP contribution in [-0.2, 0) is 26.7 Å². The van der Waals surface area contributed by atoms with Crippen molar-refractivity contribution in [2.24, 2.45) is 5.84 Å². The van der Waals surface area contributed by atoms with Crippen LogP contribution in [0.4, 0.5) is 0 Å². The Morgan fingerprint density at radius 3 is 2.16 bits per heavy atom. The number of nitrogens with one attached hydrogen (secondary N) is 2. The van der Waals surface area contributed by atoms with E-state index in [2.05, 4.69) is 4.72 Å². The fourth-order valence-corrected chi connectivity index (χ4v) is 4.72. The molecule has 0 saturated heterocycles. The predicted octanol–water partition coefficient (Wildman–Crippen LogP) is 1.84. The molecule has 3 aromatic rings. The van der Waals surface area contributed by atoms with E-state index < -0.39 is 26.0 Å². The molecule has 0 saturated carbocycles. The van der Waals surface area contributed by atoms with Crippen molar-refractivity contribution in [1.82, 2.24) is 10.1 Å². The van der Waals surface area contributed by atoms with Gasteiger partial charge in [-0.05, 0) is 42.8 Å². The first-order valence-corrected chi connectivity index (χ1v) is 12.2. The molecule has 11 heteroatoms. The Labute approximate surface area is 186 Å². The quantitative estimate of drug-likeness (QED) is 0.195. The van der Waals surface area contributed by atoms with Crippen LogP contribution in [0.3, 0.4) is 0 Å². The van der Waals surface area contributed by atoms with Crippen LogP contribution in [0, 0.1) is 6.92 Å². The van der Waals surface area contributed by atoms with E-state index in [0.29, 0.717) is 0 Å². The minimum Gasteiger partial charge on any atom is -0.378 e. The molecule has 0 aliphatic rings. The van der Waals surface area contributed by atoms with Crippen LogP contribution < -0.4 is 20.2 Å². The van der Waals surface area contributed by atoms with Gasteiger partial charge in [0.05, 0.1) is 10.5 Å². The summed E-state index contributed by atoms with van der Waals surface area (Å²) in [6.07, 6.45) is 0. The first-order valence-electron chi connectivity index (χ1n) is 9.32. The topological polar surface area (TPSA) is 145 Å². The van der Waals surface area contributed by atoms with E-state index in [4.69, 9.17) is 10.0 Å². The molecule has 3 aromatic carbocycles. The van der Waals surface area contributed by atoms with Gasteiger partial charge in [-0.2, -0.15) is 8.42 Å². The number of nitrogens with two attached hydrogens (primary N) is 1. The molecule has 168 valence electrons. The molecular weight excluding hydrogens is 454 g/mol. The number of hydrogen-bond acceptors (Lipinski definition) is 7. The maximum Gasteiger partial charge on any atom is 0.339 e. The number of carbonyl (C=O) groups is 1. The van der Waals surface area contributed by atoms with Crippen molar-refractivity contribution in [3.8, 4) is 5.75 Å². The van der Waals surface area contributed by atoms with Crippen LogP contribution in [0.5, 0.6) is 5.75 Å². The number of hydrogen-bond donors (Lipinski definition) is 3. The van der Waals surface area contributed by atoms with E-state index in [1.54, 1.807) is 49.4 Å². The molecule has 4 N–H and O–H groups in total. The van der Waals surface area contributed by atoms with Gasteiger partial charge in [0.2, 0.25) is 10.0 Å². The predicted molar refractivity (Wildman–Crippen MR) is 118 cm³/mol. The van der Waals surface area contributed by atoms with E-state index >= 15 is 0 Å². The molecule has 0 heterocycles. The van der Waals surface area contributed by atoms with Gasteiger partial charge in [0.15, 0.2) is 5.75 Å². The number of rotatable bonds is 8. The first-order chi connectivity index (χ1) is 15.1. The summed E-state index contributed by atoms with van der Waals surface area (Å²) in [4.78, 5) is 11.9. The Bertz CT molecular complexity index is 1320. The number of carbonyl (C=O) groups excluding carboxylic acids is 1. The highest BCUT2D eigenvalue weighted by molar-refractivity contribution is 7.89. The van der Waals surface area contributed by atoms with Crippen molar-refractivity contribution >= 4 is 26.0 Å². The normalized spacial score (nSPS) is 11.7. The second kappa shape index (κ2) is 9.49. The fraction of sp³-hybridized carbons (Fsp3) is 0.0952. The highest BCUT2D eigenvalue weighted by atomic mass is 32.2. The summed E-state index contributed by atoms with van der Waals surface area (Å²) in [6, 6.07) is 18.0. The van der Waals surface area contributed by atoms with Crippen LogP contribution in [0.1, 0.15) is 21.5 Å². The second-order valence-corrected chi connectivity index (χ2v) is 10.1. The summed E-state index contributed by atoms with van der Waals surface area (Å²) in [6.45, 7) is 1.83. The molecule has 0 atom stereocenters. The minimum absolute atomic E-state index is 0.0294. The smallest absolute Gasteiger partial charge is 0.339 e. The maximum atomic E-state index is 12.7. The molecule has 1 amide bonds. The first kappa shape index (κ1) is 23.4. The van der Waals surface area contributed by atoms with Crippen molar-refractivity contribution in [2.45, 2.75) is 23.3 Å². The summed E-state index contributed by atoms with van der Waals surface area (Å²) < 4.78 is 58.1. The third-order valence-electron chi connectivity index (χ3n) is 4.46. The van der Waals surface area contributed by atoms with E-state index in [9.17, 15) is 21.6 Å². The molecule has 3 rings (SSSR count). The third kappa shape index (κ3) is 5.51. The van der Waals surface area contributed by atoms with Gasteiger partial charge in [-0.15, -0.1) is 0 Å². The lowest BCUT2D eigenvalue weighted by molar-refractivity contribution is 0.0952. The fourth-order valence-electron chi connectivity index (χ4n) is 2.73. The van der Waals surface area contributed by atoms with Gasteiger partial charge in [0.1, 0.15) is 4.90 Å². The maximum absolute atomic E-state index is 12.7. The van der Waals surface area contributed by atoms with Gasteiger partial charge in [-0.25, -0.2) is 19.0 Å². The standard InChI is InChI=1S/C21H21N3O6S2/c1-15-7-9-17(10-8-15)32(28,29)30-20-12-11-18(13-19(20)21(25)24-22)31(26,27)23-14-16-5-3-2-4-6-16/h2-13,23H,14,22H2,1H3,(H,24,25). The monoisotopic (exact) mass is 475 g/mol. The molecular formula is C21H21N3O6S2. The van der Waals surface area contributed by atoms with Gasteiger partial charge in [-0.3, -0.25) is 10.2 Å². The lowest BCUT2D eigenvalue weighted by Crippen LogP contribution is -2.31. The van der Waals surface area contributed by atoms with Crippen LogP contribution in [0.25, 0.3) is 0 Å². The van der Waals surface area contributed by atoms with E-state index in [-0.39, 0.29) is 27.6 Å². The number of nitrogen functional groups attached to an aromatic ring is 1. The molecule has 0 unspecified atom stereocenters. The highest BCUT2D eigenvalue weighted by Crippen LogP contribution is 2.26. The Morgan fingerprint density at radius 1 is 0.906 bits per heavy atom. The van der Waals surface area contributed by atoms with Gasteiger partial charge < -0.3 is 4.18 Å². The van der Waals surface area contributed by atoms with E-state index in [0.717, 1.165) is 29.3 Å². The molecule has 0 aromatic heterocycles. The van der Waals surface area contributed by atoms with Crippen molar-refractivity contribution in [1.29, 1.82) is 0 Å². The molecule has 0 spiro atoms. The molecule has 0 bridgehead atoms. The third-order valence-corrected chi connectivity index (χ3v) is 7.10. The number of hydrazine groups is 1. The molecule has 0 radical (unpaired) electrons. The van der Waals surface area contributed by atoms with Gasteiger partial charge in [0.25, 0.3) is 5.91 Å². The summed E-state index contributed by atoms with van der Waals surface area (Å²) in [5, 5.41) is 0. The average molecular weight is 476 g/mol. The zero-order valence-electron chi connectivity index (χ0n) is 17.0. The lowest BCUT2D eigenvalue weighted by Gasteiger charge is -2.13. The van der Waals surface area contributed by atoms with Gasteiger partial charge in [-0.1, -0.05) is 48.0 Å². The average Bonchev–Trinajstić information content (AvgIpc) is 2.78. The Kier molecular flexibility index (Phi) is 6.94. The van der Waals surface area contributed by atoms with Crippen molar-refractivity contribution < 1.29 is 25.8 Å². The summed E-state index contributed by atoms with van der Waals surface area (Å²) in [5.41, 5.74) is 3.09. The van der Waals surface area contributed by atoms with E-state index in [1.807, 2.05) is 5.43 Å². The second-order valence-electron chi connectivity index (χ2n) is 6.79. The van der Waals surface area contributed by atoms with Crippen LogP contribution in [0.15, 0.2) is 82.6 Å². The van der Waals surface area contributed by atoms with Crippen molar-refractivity contribution in [3.63, 3.8) is 0 Å². The van der Waals surface area contributed by atoms with Crippen LogP contribution >= 0.6 is 0 Å². The van der Waals surface area contributed by atoms with Crippen molar-refractivity contribution in [3.05, 3.63) is 89.5 Å². The minimum atomic E-state index is -4.27. The van der Waals surface area contributed by atoms with Gasteiger partial charge >= 0.3 is 10.1 Å². The van der Waals surface area contributed by atoms with Crippen molar-refractivity contribution in [2.75, 3.05) is 0 Å². The summed E-state index contributed by atoms with van der Waals surface area (Å²) >= 11 is 0. The summed E-state index contributed by atoms with van der Waals surface area (Å²) in [7, 11) is -8.29. The number of amides is 1. The highest BCUT2D eigenvalue weighted by Gasteiger charge is 2.24. The largest absolute Gasteiger partial charge is 0.378 e. The Balaban J connectivity index is 1.92. The number of sulfonamides is 1. The SMILES string of the molecule is Cc1ccc(S(=O)(=O)Oc2ccc(S(=O)(=O)NCc3ccccc3)cc2C(=O)NN)cc1.